The van der Waals surface area contributed by atoms with Gasteiger partial charge in [0.2, 0.25) is 5.95 Å². The second-order valence-corrected chi connectivity index (χ2v) is 7.52. The first kappa shape index (κ1) is 19.9. The molecule has 1 aliphatic heterocycles. The third kappa shape index (κ3) is 5.31. The summed E-state index contributed by atoms with van der Waals surface area (Å²) in [5.41, 5.74) is -0.0239. The number of piperazine rings is 1. The second-order valence-electron chi connectivity index (χ2n) is 7.52. The van der Waals surface area contributed by atoms with Gasteiger partial charge < -0.3 is 19.9 Å². The summed E-state index contributed by atoms with van der Waals surface area (Å²) in [5.74, 6) is 1.79. The zero-order valence-corrected chi connectivity index (χ0v) is 16.9. The van der Waals surface area contributed by atoms with Crippen molar-refractivity contribution >= 4 is 11.9 Å². The lowest BCUT2D eigenvalue weighted by atomic mass is 9.84. The molecule has 0 amide bonds. The Morgan fingerprint density at radius 2 is 1.85 bits per heavy atom. The van der Waals surface area contributed by atoms with E-state index in [9.17, 15) is 0 Å². The SMILES string of the molecule is CCCOC1(CNC(=NC)N2CCN(c3ncccn3)CC2)CCCCC1. The zero-order valence-electron chi connectivity index (χ0n) is 16.9. The van der Waals surface area contributed by atoms with Gasteiger partial charge in [-0.3, -0.25) is 4.99 Å². The van der Waals surface area contributed by atoms with Crippen molar-refractivity contribution in [3.63, 3.8) is 0 Å². The number of nitrogens with one attached hydrogen (secondary N) is 1. The Kier molecular flexibility index (Phi) is 7.26. The van der Waals surface area contributed by atoms with Crippen LogP contribution in [0.5, 0.6) is 0 Å². The molecule has 0 bridgehead atoms. The number of hydrogen-bond acceptors (Lipinski definition) is 5. The van der Waals surface area contributed by atoms with Gasteiger partial charge in [-0.05, 0) is 25.3 Å². The molecule has 1 saturated heterocycles. The zero-order chi connectivity index (χ0) is 19.0. The quantitative estimate of drug-likeness (QED) is 0.609. The number of aliphatic imine (C=N–C) groups is 1. The van der Waals surface area contributed by atoms with Gasteiger partial charge in [0, 0.05) is 58.8 Å². The van der Waals surface area contributed by atoms with Gasteiger partial charge in [-0.25, -0.2) is 9.97 Å². The molecule has 2 heterocycles. The summed E-state index contributed by atoms with van der Waals surface area (Å²) >= 11 is 0. The molecule has 7 nitrogen and oxygen atoms in total. The van der Waals surface area contributed by atoms with Crippen molar-refractivity contribution < 1.29 is 4.74 Å². The smallest absolute Gasteiger partial charge is 0.225 e. The third-order valence-corrected chi connectivity index (χ3v) is 5.57. The molecule has 0 aromatic carbocycles. The molecule has 27 heavy (non-hydrogen) atoms. The largest absolute Gasteiger partial charge is 0.373 e. The van der Waals surface area contributed by atoms with E-state index in [0.717, 1.165) is 70.5 Å². The van der Waals surface area contributed by atoms with E-state index in [1.54, 1.807) is 12.4 Å². The van der Waals surface area contributed by atoms with E-state index in [2.05, 4.69) is 37.0 Å². The number of anilines is 1. The Morgan fingerprint density at radius 1 is 1.15 bits per heavy atom. The fraction of sp³-hybridized carbons (Fsp3) is 0.750. The van der Waals surface area contributed by atoms with Crippen LogP contribution in [0, 0.1) is 0 Å². The van der Waals surface area contributed by atoms with Gasteiger partial charge in [0.05, 0.1) is 5.60 Å². The van der Waals surface area contributed by atoms with Crippen LogP contribution in [-0.4, -0.2) is 72.8 Å². The summed E-state index contributed by atoms with van der Waals surface area (Å²) in [6, 6.07) is 1.85. The van der Waals surface area contributed by atoms with Crippen molar-refractivity contribution in [1.29, 1.82) is 0 Å². The highest BCUT2D eigenvalue weighted by atomic mass is 16.5. The van der Waals surface area contributed by atoms with Crippen LogP contribution in [0.2, 0.25) is 0 Å². The van der Waals surface area contributed by atoms with Gasteiger partial charge in [0.25, 0.3) is 0 Å². The van der Waals surface area contributed by atoms with Crippen LogP contribution in [0.1, 0.15) is 45.4 Å². The molecule has 2 fully saturated rings. The van der Waals surface area contributed by atoms with E-state index in [1.165, 1.54) is 19.3 Å². The molecular weight excluding hydrogens is 340 g/mol. The van der Waals surface area contributed by atoms with Crippen molar-refractivity contribution in [2.45, 2.75) is 51.0 Å². The minimum atomic E-state index is -0.0239. The van der Waals surface area contributed by atoms with Gasteiger partial charge >= 0.3 is 0 Å². The monoisotopic (exact) mass is 374 g/mol. The van der Waals surface area contributed by atoms with Crippen LogP contribution in [0.15, 0.2) is 23.5 Å². The number of aromatic nitrogens is 2. The van der Waals surface area contributed by atoms with E-state index < -0.39 is 0 Å². The predicted molar refractivity (Wildman–Crippen MR) is 109 cm³/mol. The third-order valence-electron chi connectivity index (χ3n) is 5.57. The maximum absolute atomic E-state index is 6.32. The maximum Gasteiger partial charge on any atom is 0.225 e. The molecule has 0 atom stereocenters. The standard InChI is InChI=1S/C20H34N6O/c1-3-16-27-20(8-5-4-6-9-20)17-24-18(21-2)25-12-14-26(15-13-25)19-22-10-7-11-23-19/h7,10-11H,3-6,8-9,12-17H2,1-2H3,(H,21,24). The van der Waals surface area contributed by atoms with Gasteiger partial charge in [0.15, 0.2) is 5.96 Å². The topological polar surface area (TPSA) is 65.9 Å². The van der Waals surface area contributed by atoms with Crippen molar-refractivity contribution in [1.82, 2.24) is 20.2 Å². The molecule has 1 saturated carbocycles. The van der Waals surface area contributed by atoms with Gasteiger partial charge in [-0.15, -0.1) is 0 Å². The minimum absolute atomic E-state index is 0.0239. The summed E-state index contributed by atoms with van der Waals surface area (Å²) in [6.45, 7) is 7.52. The average Bonchev–Trinajstić information content (AvgIpc) is 2.74. The van der Waals surface area contributed by atoms with E-state index in [0.29, 0.717) is 0 Å². The molecule has 1 aromatic rings. The molecule has 2 aliphatic rings. The molecule has 3 rings (SSSR count). The van der Waals surface area contributed by atoms with E-state index in [1.807, 2.05) is 13.1 Å². The molecular formula is C20H34N6O. The Balaban J connectivity index is 1.53. The van der Waals surface area contributed by atoms with Gasteiger partial charge in [0.1, 0.15) is 0 Å². The summed E-state index contributed by atoms with van der Waals surface area (Å²) in [5, 5.41) is 3.61. The molecule has 150 valence electrons. The summed E-state index contributed by atoms with van der Waals surface area (Å²) in [4.78, 5) is 17.8. The Hall–Kier alpha value is -1.89. The lowest BCUT2D eigenvalue weighted by molar-refractivity contribution is -0.0659. The molecule has 0 unspecified atom stereocenters. The fourth-order valence-electron chi connectivity index (χ4n) is 4.03. The van der Waals surface area contributed by atoms with E-state index in [-0.39, 0.29) is 5.60 Å². The molecule has 0 spiro atoms. The predicted octanol–water partition coefficient (Wildman–Crippen LogP) is 2.30. The van der Waals surface area contributed by atoms with Crippen LogP contribution in [0.25, 0.3) is 0 Å². The van der Waals surface area contributed by atoms with Crippen LogP contribution < -0.4 is 10.2 Å². The van der Waals surface area contributed by atoms with E-state index in [4.69, 9.17) is 4.74 Å². The molecule has 0 radical (unpaired) electrons. The normalized spacial score (nSPS) is 20.6. The highest BCUT2D eigenvalue weighted by molar-refractivity contribution is 5.80. The van der Waals surface area contributed by atoms with Crippen molar-refractivity contribution in [3.05, 3.63) is 18.5 Å². The fourth-order valence-corrected chi connectivity index (χ4v) is 4.03. The minimum Gasteiger partial charge on any atom is -0.373 e. The lowest BCUT2D eigenvalue weighted by Gasteiger charge is -2.40. The van der Waals surface area contributed by atoms with Gasteiger partial charge in [-0.1, -0.05) is 26.2 Å². The average molecular weight is 375 g/mol. The van der Waals surface area contributed by atoms with Crippen LogP contribution in [-0.2, 0) is 4.74 Å². The first-order valence-corrected chi connectivity index (χ1v) is 10.4. The summed E-state index contributed by atoms with van der Waals surface area (Å²) < 4.78 is 6.32. The van der Waals surface area contributed by atoms with Crippen LogP contribution in [0.3, 0.4) is 0 Å². The maximum atomic E-state index is 6.32. The van der Waals surface area contributed by atoms with Crippen molar-refractivity contribution in [3.8, 4) is 0 Å². The van der Waals surface area contributed by atoms with Crippen molar-refractivity contribution in [2.75, 3.05) is 51.3 Å². The Labute approximate surface area is 163 Å². The number of ether oxygens (including phenoxy) is 1. The molecule has 1 N–H and O–H groups in total. The van der Waals surface area contributed by atoms with E-state index >= 15 is 0 Å². The second kappa shape index (κ2) is 9.88. The van der Waals surface area contributed by atoms with Gasteiger partial charge in [-0.2, -0.15) is 0 Å². The Bertz CT molecular complexity index is 579. The molecule has 1 aliphatic carbocycles. The Morgan fingerprint density at radius 3 is 2.48 bits per heavy atom. The lowest BCUT2D eigenvalue weighted by Crippen LogP contribution is -2.55. The number of hydrogen-bond donors (Lipinski definition) is 1. The summed E-state index contributed by atoms with van der Waals surface area (Å²) in [7, 11) is 1.87. The number of nitrogens with zero attached hydrogens (tertiary/aromatic N) is 5. The summed E-state index contributed by atoms with van der Waals surface area (Å²) in [6.07, 6.45) is 10.8. The number of rotatable bonds is 6. The first-order chi connectivity index (χ1) is 13.3. The van der Waals surface area contributed by atoms with Crippen molar-refractivity contribution in [2.24, 2.45) is 4.99 Å². The molecule has 7 heteroatoms. The van der Waals surface area contributed by atoms with Crippen LogP contribution >= 0.6 is 0 Å². The number of guanidine groups is 1. The first-order valence-electron chi connectivity index (χ1n) is 10.4. The highest BCUT2D eigenvalue weighted by Gasteiger charge is 2.33. The highest BCUT2D eigenvalue weighted by Crippen LogP contribution is 2.31. The van der Waals surface area contributed by atoms with Crippen LogP contribution in [0.4, 0.5) is 5.95 Å². The molecule has 1 aromatic heterocycles.